The average molecular weight is 219 g/mol. The first-order chi connectivity index (χ1) is 7.75. The van der Waals surface area contributed by atoms with Gasteiger partial charge in [-0.1, -0.05) is 12.1 Å². The molecule has 0 spiro atoms. The highest BCUT2D eigenvalue weighted by Crippen LogP contribution is 2.08. The van der Waals surface area contributed by atoms with Crippen molar-refractivity contribution in [3.8, 4) is 0 Å². The van der Waals surface area contributed by atoms with Crippen molar-refractivity contribution >= 4 is 0 Å². The van der Waals surface area contributed by atoms with Crippen LogP contribution in [0.3, 0.4) is 0 Å². The predicted molar refractivity (Wildman–Crippen MR) is 60.4 cm³/mol. The van der Waals surface area contributed by atoms with E-state index in [1.807, 2.05) is 19.1 Å². The maximum atomic E-state index is 12.9. The number of benzene rings is 1. The van der Waals surface area contributed by atoms with Crippen molar-refractivity contribution in [2.24, 2.45) is 0 Å². The van der Waals surface area contributed by atoms with Crippen LogP contribution in [0.5, 0.6) is 0 Å². The maximum absolute atomic E-state index is 12.9. The quantitative estimate of drug-likeness (QED) is 0.855. The smallest absolute Gasteiger partial charge is 0.123 e. The fourth-order valence-corrected chi connectivity index (χ4v) is 1.55. The molecule has 0 radical (unpaired) electrons. The molecule has 0 unspecified atom stereocenters. The average Bonchev–Trinajstić information content (AvgIpc) is 2.65. The van der Waals surface area contributed by atoms with Gasteiger partial charge in [-0.05, 0) is 36.2 Å². The third-order valence-electron chi connectivity index (χ3n) is 2.47. The van der Waals surface area contributed by atoms with Crippen LogP contribution in [0.1, 0.15) is 16.9 Å². The maximum Gasteiger partial charge on any atom is 0.123 e. The fourth-order valence-electron chi connectivity index (χ4n) is 1.55. The largest absolute Gasteiger partial charge is 0.468 e. The van der Waals surface area contributed by atoms with E-state index in [0.29, 0.717) is 13.1 Å². The van der Waals surface area contributed by atoms with Crippen LogP contribution < -0.4 is 5.32 Å². The number of hydrogen-bond acceptors (Lipinski definition) is 2. The molecule has 0 saturated carbocycles. The van der Waals surface area contributed by atoms with Crippen LogP contribution in [-0.2, 0) is 13.1 Å². The number of furan rings is 1. The Labute approximate surface area is 94.1 Å². The first-order valence-electron chi connectivity index (χ1n) is 5.24. The second kappa shape index (κ2) is 4.94. The van der Waals surface area contributed by atoms with Crippen molar-refractivity contribution in [1.29, 1.82) is 0 Å². The van der Waals surface area contributed by atoms with E-state index in [-0.39, 0.29) is 5.82 Å². The van der Waals surface area contributed by atoms with Gasteiger partial charge in [0, 0.05) is 6.54 Å². The summed E-state index contributed by atoms with van der Waals surface area (Å²) in [7, 11) is 0. The predicted octanol–water partition coefficient (Wildman–Crippen LogP) is 3.02. The fraction of sp³-hybridized carbons (Fsp3) is 0.231. The molecule has 0 bridgehead atoms. The van der Waals surface area contributed by atoms with Gasteiger partial charge in [0.2, 0.25) is 0 Å². The summed E-state index contributed by atoms with van der Waals surface area (Å²) >= 11 is 0. The molecular formula is C13H14FNO. The van der Waals surface area contributed by atoms with Crippen molar-refractivity contribution < 1.29 is 8.81 Å². The van der Waals surface area contributed by atoms with Crippen molar-refractivity contribution in [3.05, 3.63) is 59.3 Å². The van der Waals surface area contributed by atoms with Crippen LogP contribution in [-0.4, -0.2) is 0 Å². The lowest BCUT2D eigenvalue weighted by molar-refractivity contribution is 0.480. The minimum atomic E-state index is -0.200. The molecule has 1 N–H and O–H groups in total. The molecule has 3 heteroatoms. The molecule has 84 valence electrons. The van der Waals surface area contributed by atoms with Crippen LogP contribution >= 0.6 is 0 Å². The summed E-state index contributed by atoms with van der Waals surface area (Å²) in [6.45, 7) is 3.30. The van der Waals surface area contributed by atoms with Gasteiger partial charge in [-0.25, -0.2) is 4.39 Å². The SMILES string of the molecule is Cc1ccoc1CNCc1cccc(F)c1. The van der Waals surface area contributed by atoms with Crippen LogP contribution in [0.4, 0.5) is 4.39 Å². The number of nitrogens with one attached hydrogen (secondary N) is 1. The van der Waals surface area contributed by atoms with E-state index < -0.39 is 0 Å². The summed E-state index contributed by atoms with van der Waals surface area (Å²) in [6.07, 6.45) is 1.68. The van der Waals surface area contributed by atoms with E-state index in [0.717, 1.165) is 16.9 Å². The van der Waals surface area contributed by atoms with Crippen molar-refractivity contribution in [2.75, 3.05) is 0 Å². The number of halogens is 1. The molecule has 1 aromatic carbocycles. The van der Waals surface area contributed by atoms with Crippen LogP contribution in [0.15, 0.2) is 41.0 Å². The van der Waals surface area contributed by atoms with E-state index in [9.17, 15) is 4.39 Å². The van der Waals surface area contributed by atoms with Gasteiger partial charge in [0.15, 0.2) is 0 Å². The minimum absolute atomic E-state index is 0.200. The highest BCUT2D eigenvalue weighted by atomic mass is 19.1. The molecule has 2 rings (SSSR count). The molecule has 0 aliphatic carbocycles. The Morgan fingerprint density at radius 1 is 1.25 bits per heavy atom. The van der Waals surface area contributed by atoms with E-state index in [1.165, 1.54) is 12.1 Å². The lowest BCUT2D eigenvalue weighted by atomic mass is 10.2. The summed E-state index contributed by atoms with van der Waals surface area (Å²) in [6, 6.07) is 8.51. The molecular weight excluding hydrogens is 205 g/mol. The van der Waals surface area contributed by atoms with Gasteiger partial charge in [-0.2, -0.15) is 0 Å². The van der Waals surface area contributed by atoms with Gasteiger partial charge in [0.05, 0.1) is 12.8 Å². The molecule has 0 saturated heterocycles. The standard InChI is InChI=1S/C13H14FNO/c1-10-5-6-16-13(10)9-15-8-11-3-2-4-12(14)7-11/h2-7,15H,8-9H2,1H3. The normalized spacial score (nSPS) is 10.6. The topological polar surface area (TPSA) is 25.2 Å². The van der Waals surface area contributed by atoms with Gasteiger partial charge in [-0.15, -0.1) is 0 Å². The molecule has 0 aliphatic rings. The number of aryl methyl sites for hydroxylation is 1. The van der Waals surface area contributed by atoms with E-state index in [1.54, 1.807) is 12.3 Å². The molecule has 16 heavy (non-hydrogen) atoms. The Morgan fingerprint density at radius 2 is 2.12 bits per heavy atom. The highest BCUT2D eigenvalue weighted by molar-refractivity contribution is 5.17. The molecule has 1 aromatic heterocycles. The zero-order chi connectivity index (χ0) is 11.4. The van der Waals surface area contributed by atoms with E-state index >= 15 is 0 Å². The molecule has 2 aromatic rings. The van der Waals surface area contributed by atoms with E-state index in [2.05, 4.69) is 5.32 Å². The summed E-state index contributed by atoms with van der Waals surface area (Å²) in [5.74, 6) is 0.727. The lowest BCUT2D eigenvalue weighted by Gasteiger charge is -2.03. The first-order valence-corrected chi connectivity index (χ1v) is 5.24. The van der Waals surface area contributed by atoms with Crippen molar-refractivity contribution in [1.82, 2.24) is 5.32 Å². The Balaban J connectivity index is 1.87. The summed E-state index contributed by atoms with van der Waals surface area (Å²) in [5, 5.41) is 3.21. The minimum Gasteiger partial charge on any atom is -0.468 e. The van der Waals surface area contributed by atoms with Gasteiger partial charge in [0.1, 0.15) is 11.6 Å². The zero-order valence-corrected chi connectivity index (χ0v) is 9.16. The van der Waals surface area contributed by atoms with Crippen LogP contribution in [0.25, 0.3) is 0 Å². The van der Waals surface area contributed by atoms with Gasteiger partial charge < -0.3 is 9.73 Å². The monoisotopic (exact) mass is 219 g/mol. The molecule has 2 nitrogen and oxygen atoms in total. The first kappa shape index (κ1) is 10.9. The molecule has 1 heterocycles. The summed E-state index contributed by atoms with van der Waals surface area (Å²) < 4.78 is 18.2. The Morgan fingerprint density at radius 3 is 2.81 bits per heavy atom. The molecule has 0 aliphatic heterocycles. The van der Waals surface area contributed by atoms with E-state index in [4.69, 9.17) is 4.42 Å². The molecule has 0 atom stereocenters. The third kappa shape index (κ3) is 2.70. The second-order valence-corrected chi connectivity index (χ2v) is 3.76. The summed E-state index contributed by atoms with van der Waals surface area (Å²) in [4.78, 5) is 0. The third-order valence-corrected chi connectivity index (χ3v) is 2.47. The number of hydrogen-bond donors (Lipinski definition) is 1. The summed E-state index contributed by atoms with van der Waals surface area (Å²) in [5.41, 5.74) is 2.07. The second-order valence-electron chi connectivity index (χ2n) is 3.76. The zero-order valence-electron chi connectivity index (χ0n) is 9.16. The van der Waals surface area contributed by atoms with Crippen molar-refractivity contribution in [2.45, 2.75) is 20.0 Å². The van der Waals surface area contributed by atoms with Gasteiger partial charge >= 0.3 is 0 Å². The van der Waals surface area contributed by atoms with Crippen LogP contribution in [0, 0.1) is 12.7 Å². The van der Waals surface area contributed by atoms with Crippen LogP contribution in [0.2, 0.25) is 0 Å². The van der Waals surface area contributed by atoms with Crippen molar-refractivity contribution in [3.63, 3.8) is 0 Å². The Hall–Kier alpha value is -1.61. The highest BCUT2D eigenvalue weighted by Gasteiger charge is 2.01. The molecule has 0 amide bonds. The van der Waals surface area contributed by atoms with Gasteiger partial charge in [0.25, 0.3) is 0 Å². The lowest BCUT2D eigenvalue weighted by Crippen LogP contribution is -2.12. The molecule has 0 fully saturated rings. The Kier molecular flexibility index (Phi) is 3.37. The Bertz CT molecular complexity index is 464. The van der Waals surface area contributed by atoms with Gasteiger partial charge in [-0.3, -0.25) is 0 Å². The number of rotatable bonds is 4.